The van der Waals surface area contributed by atoms with E-state index in [2.05, 4.69) is 15.6 Å². The molecule has 1 aromatic carbocycles. The van der Waals surface area contributed by atoms with E-state index in [9.17, 15) is 18.0 Å². The second-order valence-corrected chi connectivity index (χ2v) is 6.06. The van der Waals surface area contributed by atoms with Crippen LogP contribution in [0.2, 0.25) is 0 Å². The molecule has 2 rings (SSSR count). The van der Waals surface area contributed by atoms with Crippen molar-refractivity contribution >= 4 is 11.9 Å². The minimum Gasteiger partial charge on any atom is -0.357 e. The van der Waals surface area contributed by atoms with Crippen molar-refractivity contribution in [2.45, 2.75) is 38.5 Å². The Morgan fingerprint density at radius 3 is 2.44 bits per heavy atom. The van der Waals surface area contributed by atoms with Gasteiger partial charge < -0.3 is 15.5 Å². The molecule has 0 atom stereocenters. The van der Waals surface area contributed by atoms with Crippen molar-refractivity contribution in [2.24, 2.45) is 4.99 Å². The summed E-state index contributed by atoms with van der Waals surface area (Å²) in [5, 5.41) is 5.94. The number of nitrogens with one attached hydrogen (secondary N) is 2. The Morgan fingerprint density at radius 1 is 1.28 bits per heavy atom. The molecule has 0 spiro atoms. The lowest BCUT2D eigenvalue weighted by molar-refractivity contribution is -0.137. The number of carbonyl (C=O) groups excluding carboxylic acids is 1. The molecule has 1 amide bonds. The number of hydrogen-bond donors (Lipinski definition) is 2. The Bertz CT molecular complexity index is 609. The maximum Gasteiger partial charge on any atom is 0.416 e. The summed E-state index contributed by atoms with van der Waals surface area (Å²) in [4.78, 5) is 17.8. The number of halogens is 3. The lowest BCUT2D eigenvalue weighted by Gasteiger charge is -2.22. The van der Waals surface area contributed by atoms with Gasteiger partial charge in [0.1, 0.15) is 6.54 Å². The van der Waals surface area contributed by atoms with Crippen molar-refractivity contribution in [1.82, 2.24) is 15.5 Å². The Hall–Kier alpha value is -2.25. The van der Waals surface area contributed by atoms with Gasteiger partial charge in [-0.15, -0.1) is 0 Å². The van der Waals surface area contributed by atoms with Gasteiger partial charge in [0.15, 0.2) is 5.96 Å². The fourth-order valence-electron chi connectivity index (χ4n) is 2.27. The summed E-state index contributed by atoms with van der Waals surface area (Å²) in [5.74, 6) is 0.411. The molecule has 0 bridgehead atoms. The van der Waals surface area contributed by atoms with E-state index < -0.39 is 11.7 Å². The first-order chi connectivity index (χ1) is 11.8. The molecule has 1 fully saturated rings. The minimum absolute atomic E-state index is 0.0240. The molecule has 8 heteroatoms. The lowest BCUT2D eigenvalue weighted by atomic mass is 10.1. The quantitative estimate of drug-likeness (QED) is 0.608. The highest BCUT2D eigenvalue weighted by Gasteiger charge is 2.30. The molecule has 1 saturated carbocycles. The number of guanidine groups is 1. The van der Waals surface area contributed by atoms with Gasteiger partial charge in [-0.1, -0.05) is 12.1 Å². The van der Waals surface area contributed by atoms with E-state index in [0.29, 0.717) is 19.0 Å². The van der Waals surface area contributed by atoms with Crippen LogP contribution in [-0.4, -0.2) is 42.9 Å². The lowest BCUT2D eigenvalue weighted by Crippen LogP contribution is -2.39. The van der Waals surface area contributed by atoms with Crippen molar-refractivity contribution < 1.29 is 18.0 Å². The summed E-state index contributed by atoms with van der Waals surface area (Å²) in [6.45, 7) is 2.94. The summed E-state index contributed by atoms with van der Waals surface area (Å²) in [6, 6.07) is 5.31. The fraction of sp³-hybridized carbons (Fsp3) is 0.529. The molecule has 0 aliphatic heterocycles. The largest absolute Gasteiger partial charge is 0.416 e. The van der Waals surface area contributed by atoms with Crippen molar-refractivity contribution in [3.8, 4) is 0 Å². The van der Waals surface area contributed by atoms with Crippen LogP contribution in [0.1, 0.15) is 30.9 Å². The van der Waals surface area contributed by atoms with E-state index in [1.54, 1.807) is 11.9 Å². The third-order valence-corrected chi connectivity index (χ3v) is 3.71. The van der Waals surface area contributed by atoms with Crippen LogP contribution in [0.25, 0.3) is 0 Å². The molecule has 1 aliphatic rings. The zero-order chi connectivity index (χ0) is 18.4. The number of benzene rings is 1. The number of hydrogen-bond acceptors (Lipinski definition) is 2. The maximum absolute atomic E-state index is 12.6. The first kappa shape index (κ1) is 19.1. The SMILES string of the molecule is CCNC(=NCC(=O)NC1CC1)N(C)Cc1ccc(C(F)(F)F)cc1. The van der Waals surface area contributed by atoms with Gasteiger partial charge in [0, 0.05) is 26.2 Å². The molecule has 1 aromatic rings. The third-order valence-electron chi connectivity index (χ3n) is 3.71. The van der Waals surface area contributed by atoms with Gasteiger partial charge in [0.25, 0.3) is 0 Å². The van der Waals surface area contributed by atoms with Crippen molar-refractivity contribution in [3.63, 3.8) is 0 Å². The minimum atomic E-state index is -4.34. The molecule has 0 heterocycles. The molecule has 25 heavy (non-hydrogen) atoms. The van der Waals surface area contributed by atoms with Gasteiger partial charge in [0.2, 0.25) is 5.91 Å². The van der Waals surface area contributed by atoms with Crippen LogP contribution >= 0.6 is 0 Å². The van der Waals surface area contributed by atoms with Crippen LogP contribution in [0.5, 0.6) is 0 Å². The highest BCUT2D eigenvalue weighted by Crippen LogP contribution is 2.29. The maximum atomic E-state index is 12.6. The van der Waals surface area contributed by atoms with Crippen molar-refractivity contribution in [3.05, 3.63) is 35.4 Å². The van der Waals surface area contributed by atoms with Gasteiger partial charge in [-0.05, 0) is 37.5 Å². The third kappa shape index (κ3) is 6.28. The second kappa shape index (κ2) is 8.22. The monoisotopic (exact) mass is 356 g/mol. The van der Waals surface area contributed by atoms with Crippen molar-refractivity contribution in [1.29, 1.82) is 0 Å². The molecule has 1 aliphatic carbocycles. The zero-order valence-electron chi connectivity index (χ0n) is 14.4. The van der Waals surface area contributed by atoms with Gasteiger partial charge in [-0.2, -0.15) is 13.2 Å². The Labute approximate surface area is 145 Å². The average Bonchev–Trinajstić information content (AvgIpc) is 3.35. The predicted octanol–water partition coefficient (Wildman–Crippen LogP) is 2.38. The molecule has 0 unspecified atom stereocenters. The van der Waals surface area contributed by atoms with Crippen LogP contribution < -0.4 is 10.6 Å². The van der Waals surface area contributed by atoms with Crippen LogP contribution in [0.15, 0.2) is 29.3 Å². The first-order valence-electron chi connectivity index (χ1n) is 8.24. The smallest absolute Gasteiger partial charge is 0.357 e. The van der Waals surface area contributed by atoms with Crippen LogP contribution in [-0.2, 0) is 17.5 Å². The number of alkyl halides is 3. The first-order valence-corrected chi connectivity index (χ1v) is 8.24. The highest BCUT2D eigenvalue weighted by molar-refractivity contribution is 5.85. The van der Waals surface area contributed by atoms with Gasteiger partial charge in [-0.25, -0.2) is 4.99 Å². The molecule has 138 valence electrons. The van der Waals surface area contributed by atoms with Gasteiger partial charge in [0.05, 0.1) is 5.56 Å². The molecule has 2 N–H and O–H groups in total. The Morgan fingerprint density at radius 2 is 1.92 bits per heavy atom. The Balaban J connectivity index is 1.96. The number of aliphatic imine (C=N–C) groups is 1. The second-order valence-electron chi connectivity index (χ2n) is 6.06. The predicted molar refractivity (Wildman–Crippen MR) is 90.1 cm³/mol. The number of nitrogens with zero attached hydrogens (tertiary/aromatic N) is 2. The van der Waals surface area contributed by atoms with E-state index in [1.165, 1.54) is 12.1 Å². The average molecular weight is 356 g/mol. The summed E-state index contributed by atoms with van der Waals surface area (Å²) in [6.07, 6.45) is -2.30. The van der Waals surface area contributed by atoms with E-state index in [4.69, 9.17) is 0 Å². The summed E-state index contributed by atoms with van der Waals surface area (Å²) < 4.78 is 37.8. The number of amides is 1. The molecule has 0 radical (unpaired) electrons. The van der Waals surface area contributed by atoms with Crippen LogP contribution in [0, 0.1) is 0 Å². The van der Waals surface area contributed by atoms with E-state index in [0.717, 1.165) is 30.5 Å². The molecule has 0 aromatic heterocycles. The number of rotatable bonds is 6. The molecular formula is C17H23F3N4O. The van der Waals surface area contributed by atoms with Crippen molar-refractivity contribution in [2.75, 3.05) is 20.1 Å². The Kier molecular flexibility index (Phi) is 6.27. The zero-order valence-corrected chi connectivity index (χ0v) is 14.4. The molecule has 5 nitrogen and oxygen atoms in total. The number of carbonyl (C=O) groups is 1. The summed E-state index contributed by atoms with van der Waals surface area (Å²) in [5.41, 5.74) is 0.0553. The molecular weight excluding hydrogens is 333 g/mol. The standard InChI is InChI=1S/C17H23F3N4O/c1-3-21-16(22-10-15(25)23-14-8-9-14)24(2)11-12-4-6-13(7-5-12)17(18,19)20/h4-7,14H,3,8-11H2,1-2H3,(H,21,22)(H,23,25). The summed E-state index contributed by atoms with van der Waals surface area (Å²) >= 11 is 0. The fourth-order valence-corrected chi connectivity index (χ4v) is 2.27. The van der Waals surface area contributed by atoms with Crippen LogP contribution in [0.4, 0.5) is 13.2 Å². The van der Waals surface area contributed by atoms with Gasteiger partial charge in [-0.3, -0.25) is 4.79 Å². The summed E-state index contributed by atoms with van der Waals surface area (Å²) in [7, 11) is 1.78. The van der Waals surface area contributed by atoms with E-state index in [1.807, 2.05) is 6.92 Å². The van der Waals surface area contributed by atoms with E-state index in [-0.39, 0.29) is 18.5 Å². The van der Waals surface area contributed by atoms with Gasteiger partial charge >= 0.3 is 6.18 Å². The molecule has 0 saturated heterocycles. The van der Waals surface area contributed by atoms with Crippen LogP contribution in [0.3, 0.4) is 0 Å². The topological polar surface area (TPSA) is 56.7 Å². The highest BCUT2D eigenvalue weighted by atomic mass is 19.4. The van der Waals surface area contributed by atoms with E-state index >= 15 is 0 Å². The normalized spacial score (nSPS) is 15.0.